The van der Waals surface area contributed by atoms with Gasteiger partial charge in [0.25, 0.3) is 0 Å². The Morgan fingerprint density at radius 1 is 0.705 bits per heavy atom. The lowest BCUT2D eigenvalue weighted by atomic mass is 9.80. The molecule has 0 aromatic heterocycles. The maximum Gasteiger partial charge on any atom is 0.224 e. The quantitative estimate of drug-likeness (QED) is 0.170. The molecular formula is C32H26O12. The first-order chi connectivity index (χ1) is 20.8. The van der Waals surface area contributed by atoms with Gasteiger partial charge in [-0.1, -0.05) is 6.07 Å². The van der Waals surface area contributed by atoms with Gasteiger partial charge >= 0.3 is 0 Å². The highest BCUT2D eigenvalue weighted by molar-refractivity contribution is 6.06. The van der Waals surface area contributed by atoms with Crippen LogP contribution in [0.2, 0.25) is 0 Å². The van der Waals surface area contributed by atoms with E-state index in [9.17, 15) is 50.8 Å². The van der Waals surface area contributed by atoms with Crippen LogP contribution in [0, 0.1) is 0 Å². The summed E-state index contributed by atoms with van der Waals surface area (Å²) >= 11 is 0. The van der Waals surface area contributed by atoms with Gasteiger partial charge < -0.3 is 55.4 Å². The molecule has 0 radical (unpaired) electrons. The number of carbonyl (C=O) groups excluding carboxylic acids is 1. The molecule has 0 saturated heterocycles. The molecule has 12 nitrogen and oxygen atoms in total. The van der Waals surface area contributed by atoms with Gasteiger partial charge in [0.2, 0.25) is 17.3 Å². The zero-order valence-electron chi connectivity index (χ0n) is 22.8. The molecule has 0 fully saturated rings. The summed E-state index contributed by atoms with van der Waals surface area (Å²) in [4.78, 5) is 11.5. The van der Waals surface area contributed by atoms with E-state index in [1.807, 2.05) is 0 Å². The molecule has 3 unspecified atom stereocenters. The van der Waals surface area contributed by atoms with Crippen LogP contribution in [0.15, 0.2) is 65.6 Å². The van der Waals surface area contributed by atoms with Crippen molar-refractivity contribution in [2.24, 2.45) is 0 Å². The van der Waals surface area contributed by atoms with Crippen molar-refractivity contribution in [2.45, 2.75) is 30.0 Å². The fourth-order valence-electron chi connectivity index (χ4n) is 6.78. The number of carbonyl (C=O) groups is 1. The lowest BCUT2D eigenvalue weighted by Crippen LogP contribution is -2.43. The lowest BCUT2D eigenvalue weighted by Gasteiger charge is -2.36. The van der Waals surface area contributed by atoms with Crippen LogP contribution < -0.4 is 4.74 Å². The number of phenols is 6. The van der Waals surface area contributed by atoms with Crippen molar-refractivity contribution in [3.05, 3.63) is 93.5 Å². The number of ketones is 1. The zero-order chi connectivity index (χ0) is 31.3. The van der Waals surface area contributed by atoms with E-state index in [4.69, 9.17) is 9.47 Å². The fraction of sp³-hybridized carbons (Fsp3) is 0.219. The molecule has 3 aromatic rings. The molecule has 3 aliphatic carbocycles. The summed E-state index contributed by atoms with van der Waals surface area (Å²) in [6.45, 7) is -0.180. The van der Waals surface area contributed by atoms with Crippen LogP contribution in [0.3, 0.4) is 0 Å². The molecule has 2 heterocycles. The molecule has 12 heteroatoms. The average molecular weight is 603 g/mol. The number of ether oxygens (including phenoxy) is 2. The van der Waals surface area contributed by atoms with Crippen LogP contribution in [-0.2, 0) is 22.4 Å². The second-order valence-corrected chi connectivity index (χ2v) is 11.6. The summed E-state index contributed by atoms with van der Waals surface area (Å²) in [6, 6.07) is 8.54. The van der Waals surface area contributed by atoms with E-state index in [-0.39, 0.29) is 72.1 Å². The van der Waals surface area contributed by atoms with E-state index >= 15 is 0 Å². The number of rotatable bonds is 0. The standard InChI is InChI=1S/C16H14O6.C16H12O6/c2*17-10-2-1-8-13-9-4-12(19)11(18)3-7(9)5-16(13,21)6-22-15(8)14(10)20/h1-4,13,17-21H,5-6H2;1-4,18-21H,5-6H2. The minimum atomic E-state index is -1.33. The molecule has 44 heavy (non-hydrogen) atoms. The van der Waals surface area contributed by atoms with E-state index in [2.05, 4.69) is 0 Å². The summed E-state index contributed by atoms with van der Waals surface area (Å²) in [5, 5.41) is 89.9. The molecule has 2 aliphatic heterocycles. The molecule has 226 valence electrons. The molecule has 3 atom stereocenters. The van der Waals surface area contributed by atoms with Crippen molar-refractivity contribution >= 4 is 11.4 Å². The molecule has 5 aliphatic rings. The molecule has 0 saturated carbocycles. The smallest absolute Gasteiger partial charge is 0.224 e. The van der Waals surface area contributed by atoms with E-state index in [0.717, 1.165) is 0 Å². The third-order valence-corrected chi connectivity index (χ3v) is 8.74. The van der Waals surface area contributed by atoms with E-state index < -0.39 is 28.7 Å². The van der Waals surface area contributed by atoms with Crippen molar-refractivity contribution in [2.75, 3.05) is 13.2 Å². The minimum Gasteiger partial charge on any atom is -0.504 e. The Kier molecular flexibility index (Phi) is 5.68. The first-order valence-electron chi connectivity index (χ1n) is 13.6. The maximum absolute atomic E-state index is 11.5. The van der Waals surface area contributed by atoms with Gasteiger partial charge in [0, 0.05) is 35.5 Å². The van der Waals surface area contributed by atoms with Crippen molar-refractivity contribution in [3.63, 3.8) is 0 Å². The Balaban J connectivity index is 0.000000142. The highest BCUT2D eigenvalue weighted by atomic mass is 16.5. The Hall–Kier alpha value is -5.33. The molecule has 0 spiro atoms. The predicted molar refractivity (Wildman–Crippen MR) is 151 cm³/mol. The SMILES string of the molecule is O=C1C=CC2=C3c4cc(O)c(O)cc4CC3(O)COC2=C1O.Oc1cc2c(cc1O)C1c3ccc(O)c(O)c3OCC1(O)C2. The monoisotopic (exact) mass is 602 g/mol. The Morgan fingerprint density at radius 3 is 2.14 bits per heavy atom. The largest absolute Gasteiger partial charge is 0.504 e. The van der Waals surface area contributed by atoms with Crippen molar-refractivity contribution in [1.82, 2.24) is 0 Å². The van der Waals surface area contributed by atoms with Crippen LogP contribution in [0.5, 0.6) is 40.2 Å². The first-order valence-corrected chi connectivity index (χ1v) is 13.6. The second kappa shape index (κ2) is 9.09. The predicted octanol–water partition coefficient (Wildman–Crippen LogP) is 2.40. The van der Waals surface area contributed by atoms with Gasteiger partial charge in [-0.3, -0.25) is 4.79 Å². The van der Waals surface area contributed by atoms with Crippen molar-refractivity contribution in [1.29, 1.82) is 0 Å². The van der Waals surface area contributed by atoms with Crippen LogP contribution in [0.25, 0.3) is 5.57 Å². The van der Waals surface area contributed by atoms with Gasteiger partial charge in [0.05, 0.1) is 0 Å². The molecule has 8 rings (SSSR count). The number of phenolic OH excluding ortho intramolecular Hbond substituents is 6. The van der Waals surface area contributed by atoms with Gasteiger partial charge in [0.1, 0.15) is 24.4 Å². The molecule has 0 amide bonds. The van der Waals surface area contributed by atoms with Crippen LogP contribution >= 0.6 is 0 Å². The number of fused-ring (bicyclic) bond motifs is 9. The van der Waals surface area contributed by atoms with E-state index in [1.54, 1.807) is 6.07 Å². The summed E-state index contributed by atoms with van der Waals surface area (Å²) < 4.78 is 10.9. The van der Waals surface area contributed by atoms with Crippen LogP contribution in [-0.4, -0.2) is 76.2 Å². The summed E-state index contributed by atoms with van der Waals surface area (Å²) in [6.07, 6.45) is 3.16. The number of aliphatic hydroxyl groups excluding tert-OH is 1. The highest BCUT2D eigenvalue weighted by Crippen LogP contribution is 2.56. The normalized spacial score (nSPS) is 25.4. The molecule has 9 N–H and O–H groups in total. The zero-order valence-corrected chi connectivity index (χ0v) is 22.8. The lowest BCUT2D eigenvalue weighted by molar-refractivity contribution is -0.114. The van der Waals surface area contributed by atoms with Crippen LogP contribution in [0.1, 0.15) is 33.7 Å². The fourth-order valence-corrected chi connectivity index (χ4v) is 6.78. The number of allylic oxidation sites excluding steroid dienone is 2. The Labute approximate surface area is 248 Å². The van der Waals surface area contributed by atoms with Gasteiger partial charge in [-0.15, -0.1) is 0 Å². The van der Waals surface area contributed by atoms with Gasteiger partial charge in [-0.05, 0) is 64.7 Å². The van der Waals surface area contributed by atoms with Crippen LogP contribution in [0.4, 0.5) is 0 Å². The number of aliphatic hydroxyl groups is 3. The molecular weight excluding hydrogens is 576 g/mol. The van der Waals surface area contributed by atoms with Gasteiger partial charge in [-0.25, -0.2) is 0 Å². The van der Waals surface area contributed by atoms with Crippen molar-refractivity contribution < 1.29 is 60.2 Å². The van der Waals surface area contributed by atoms with E-state index in [0.29, 0.717) is 39.0 Å². The topological polar surface area (TPSA) is 218 Å². The minimum absolute atomic E-state index is 0.0348. The number of aromatic hydroxyl groups is 6. The number of hydrogen-bond acceptors (Lipinski definition) is 12. The third kappa shape index (κ3) is 3.81. The van der Waals surface area contributed by atoms with Gasteiger partial charge in [-0.2, -0.15) is 0 Å². The molecule has 3 aromatic carbocycles. The Morgan fingerprint density at radius 2 is 1.39 bits per heavy atom. The summed E-state index contributed by atoms with van der Waals surface area (Å²) in [5.74, 6) is -3.12. The van der Waals surface area contributed by atoms with Gasteiger partial charge in [0.15, 0.2) is 40.3 Å². The van der Waals surface area contributed by atoms with E-state index in [1.165, 1.54) is 42.5 Å². The maximum atomic E-state index is 11.5. The molecule has 0 bridgehead atoms. The third-order valence-electron chi connectivity index (χ3n) is 8.74. The average Bonchev–Trinajstić information content (AvgIpc) is 3.43. The summed E-state index contributed by atoms with van der Waals surface area (Å²) in [5.41, 5.74) is 1.50. The number of hydrogen-bond donors (Lipinski definition) is 9. The first kappa shape index (κ1) is 27.5. The summed E-state index contributed by atoms with van der Waals surface area (Å²) in [7, 11) is 0. The van der Waals surface area contributed by atoms with Crippen molar-refractivity contribution in [3.8, 4) is 40.2 Å². The second-order valence-electron chi connectivity index (χ2n) is 11.6. The highest BCUT2D eigenvalue weighted by Gasteiger charge is 2.51. The Bertz CT molecular complexity index is 1900. The number of benzene rings is 3.